The lowest BCUT2D eigenvalue weighted by molar-refractivity contribution is -0.138. The quantitative estimate of drug-likeness (QED) is 0.816. The largest absolute Gasteiger partial charge is 0.304 e. The summed E-state index contributed by atoms with van der Waals surface area (Å²) in [6, 6.07) is 9.86. The first kappa shape index (κ1) is 15.7. The van der Waals surface area contributed by atoms with Crippen LogP contribution in [0.1, 0.15) is 38.7 Å². The van der Waals surface area contributed by atoms with E-state index in [4.69, 9.17) is 0 Å². The summed E-state index contributed by atoms with van der Waals surface area (Å²) in [5, 5.41) is 2.53. The molecule has 1 aliphatic rings. The molecule has 21 heavy (non-hydrogen) atoms. The van der Waals surface area contributed by atoms with E-state index in [1.165, 1.54) is 0 Å². The Morgan fingerprint density at radius 2 is 1.81 bits per heavy atom. The van der Waals surface area contributed by atoms with Crippen LogP contribution < -0.4 is 5.32 Å². The molecular weight excluding hydrogens is 264 g/mol. The second-order valence-electron chi connectivity index (χ2n) is 5.60. The van der Waals surface area contributed by atoms with Gasteiger partial charge in [-0.05, 0) is 38.0 Å². The average molecular weight is 288 g/mol. The molecule has 4 heteroatoms. The van der Waals surface area contributed by atoms with Crippen LogP contribution in [0.15, 0.2) is 30.3 Å². The van der Waals surface area contributed by atoms with Crippen molar-refractivity contribution in [3.8, 4) is 0 Å². The molecule has 1 atom stereocenters. The number of carbonyl (C=O) groups is 2. The van der Waals surface area contributed by atoms with Crippen molar-refractivity contribution >= 4 is 11.8 Å². The zero-order valence-electron chi connectivity index (χ0n) is 12.9. The highest BCUT2D eigenvalue weighted by molar-refractivity contribution is 6.03. The van der Waals surface area contributed by atoms with Crippen LogP contribution >= 0.6 is 0 Å². The molecule has 1 heterocycles. The van der Waals surface area contributed by atoms with Crippen LogP contribution in [0.3, 0.4) is 0 Å². The number of rotatable bonds is 6. The van der Waals surface area contributed by atoms with E-state index < -0.39 is 5.41 Å². The van der Waals surface area contributed by atoms with Crippen molar-refractivity contribution in [2.24, 2.45) is 0 Å². The Kier molecular flexibility index (Phi) is 5.12. The molecule has 1 fully saturated rings. The third-order valence-electron chi connectivity index (χ3n) is 4.54. The fourth-order valence-electron chi connectivity index (χ4n) is 3.05. The van der Waals surface area contributed by atoms with Crippen LogP contribution in [0.2, 0.25) is 0 Å². The molecule has 4 nitrogen and oxygen atoms in total. The van der Waals surface area contributed by atoms with E-state index in [1.807, 2.05) is 30.3 Å². The molecule has 1 saturated heterocycles. The number of carbonyl (C=O) groups excluding carboxylic acids is 2. The van der Waals surface area contributed by atoms with E-state index >= 15 is 0 Å². The van der Waals surface area contributed by atoms with Crippen LogP contribution in [-0.2, 0) is 15.0 Å². The SMILES string of the molecule is CCN(CC)CCC1(c2ccccc2)CCC(=O)NC1=O. The predicted molar refractivity (Wildman–Crippen MR) is 82.9 cm³/mol. The molecule has 1 aromatic carbocycles. The van der Waals surface area contributed by atoms with Gasteiger partial charge in [0.25, 0.3) is 0 Å². The van der Waals surface area contributed by atoms with Crippen molar-refractivity contribution in [3.05, 3.63) is 35.9 Å². The molecule has 2 amide bonds. The second-order valence-corrected chi connectivity index (χ2v) is 5.60. The van der Waals surface area contributed by atoms with Crippen molar-refractivity contribution in [1.82, 2.24) is 10.2 Å². The van der Waals surface area contributed by atoms with Gasteiger partial charge in [0, 0.05) is 6.42 Å². The average Bonchev–Trinajstić information content (AvgIpc) is 2.51. The third kappa shape index (κ3) is 3.32. The Morgan fingerprint density at radius 1 is 1.14 bits per heavy atom. The van der Waals surface area contributed by atoms with Gasteiger partial charge in [0.1, 0.15) is 0 Å². The Morgan fingerprint density at radius 3 is 2.38 bits per heavy atom. The first-order valence-electron chi connectivity index (χ1n) is 7.74. The van der Waals surface area contributed by atoms with E-state index in [2.05, 4.69) is 24.1 Å². The van der Waals surface area contributed by atoms with E-state index in [1.54, 1.807) is 0 Å². The summed E-state index contributed by atoms with van der Waals surface area (Å²) < 4.78 is 0. The van der Waals surface area contributed by atoms with Gasteiger partial charge in [0.05, 0.1) is 5.41 Å². The Hall–Kier alpha value is -1.68. The molecule has 1 N–H and O–H groups in total. The lowest BCUT2D eigenvalue weighted by Crippen LogP contribution is -2.52. The predicted octanol–water partition coefficient (Wildman–Crippen LogP) is 2.09. The first-order chi connectivity index (χ1) is 10.1. The van der Waals surface area contributed by atoms with Crippen molar-refractivity contribution < 1.29 is 9.59 Å². The highest BCUT2D eigenvalue weighted by Gasteiger charge is 2.43. The van der Waals surface area contributed by atoms with Crippen molar-refractivity contribution in [1.29, 1.82) is 0 Å². The minimum absolute atomic E-state index is 0.142. The van der Waals surface area contributed by atoms with Crippen molar-refractivity contribution in [2.75, 3.05) is 19.6 Å². The van der Waals surface area contributed by atoms with Gasteiger partial charge in [-0.2, -0.15) is 0 Å². The summed E-state index contributed by atoms with van der Waals surface area (Å²) in [6.45, 7) is 7.07. The Bertz CT molecular complexity index is 497. The maximum Gasteiger partial charge on any atom is 0.237 e. The summed E-state index contributed by atoms with van der Waals surface area (Å²) in [6.07, 6.45) is 1.76. The number of hydrogen-bond acceptors (Lipinski definition) is 3. The number of benzene rings is 1. The minimum Gasteiger partial charge on any atom is -0.304 e. The number of amides is 2. The molecule has 2 rings (SSSR count). The standard InChI is InChI=1S/C17H24N2O2/c1-3-19(4-2)13-12-17(14-8-6-5-7-9-14)11-10-15(20)18-16(17)21/h5-9H,3-4,10-13H2,1-2H3,(H,18,20,21). The van der Waals surface area contributed by atoms with Gasteiger partial charge in [-0.3, -0.25) is 14.9 Å². The van der Waals surface area contributed by atoms with Gasteiger partial charge < -0.3 is 4.90 Å². The number of hydrogen-bond donors (Lipinski definition) is 1. The summed E-state index contributed by atoms with van der Waals surface area (Å²) in [5.74, 6) is -0.300. The summed E-state index contributed by atoms with van der Waals surface area (Å²) in [4.78, 5) is 26.4. The van der Waals surface area contributed by atoms with Crippen LogP contribution in [-0.4, -0.2) is 36.3 Å². The molecule has 1 unspecified atom stereocenters. The highest BCUT2D eigenvalue weighted by Crippen LogP contribution is 2.36. The molecule has 0 aromatic heterocycles. The first-order valence-corrected chi connectivity index (χ1v) is 7.74. The summed E-state index contributed by atoms with van der Waals surface area (Å²) in [7, 11) is 0. The van der Waals surface area contributed by atoms with Crippen LogP contribution in [0.25, 0.3) is 0 Å². The lowest BCUT2D eigenvalue weighted by Gasteiger charge is -2.37. The second kappa shape index (κ2) is 6.85. The van der Waals surface area contributed by atoms with Crippen molar-refractivity contribution in [3.63, 3.8) is 0 Å². The third-order valence-corrected chi connectivity index (χ3v) is 4.54. The fraction of sp³-hybridized carbons (Fsp3) is 0.529. The molecule has 0 spiro atoms. The molecule has 0 bridgehead atoms. The topological polar surface area (TPSA) is 49.4 Å². The summed E-state index contributed by atoms with van der Waals surface area (Å²) in [5.41, 5.74) is 0.444. The maximum absolute atomic E-state index is 12.6. The zero-order valence-corrected chi connectivity index (χ0v) is 12.9. The summed E-state index contributed by atoms with van der Waals surface area (Å²) >= 11 is 0. The number of piperidine rings is 1. The van der Waals surface area contributed by atoms with Gasteiger partial charge in [-0.25, -0.2) is 0 Å². The number of nitrogens with one attached hydrogen (secondary N) is 1. The fourth-order valence-corrected chi connectivity index (χ4v) is 3.05. The molecular formula is C17H24N2O2. The smallest absolute Gasteiger partial charge is 0.237 e. The molecule has 1 aromatic rings. The monoisotopic (exact) mass is 288 g/mol. The van der Waals surface area contributed by atoms with E-state index in [0.29, 0.717) is 12.8 Å². The van der Waals surface area contributed by atoms with Crippen LogP contribution in [0, 0.1) is 0 Å². The molecule has 1 aliphatic heterocycles. The van der Waals surface area contributed by atoms with E-state index in [9.17, 15) is 9.59 Å². The molecule has 114 valence electrons. The van der Waals surface area contributed by atoms with Gasteiger partial charge in [0.15, 0.2) is 0 Å². The van der Waals surface area contributed by atoms with Gasteiger partial charge in [-0.15, -0.1) is 0 Å². The minimum atomic E-state index is -0.572. The molecule has 0 radical (unpaired) electrons. The van der Waals surface area contributed by atoms with Gasteiger partial charge >= 0.3 is 0 Å². The molecule has 0 saturated carbocycles. The molecule has 0 aliphatic carbocycles. The van der Waals surface area contributed by atoms with E-state index in [-0.39, 0.29) is 11.8 Å². The number of imide groups is 1. The van der Waals surface area contributed by atoms with E-state index in [0.717, 1.165) is 31.6 Å². The lowest BCUT2D eigenvalue weighted by atomic mass is 9.71. The number of nitrogens with zero attached hydrogens (tertiary/aromatic N) is 1. The normalized spacial score (nSPS) is 22.4. The zero-order chi connectivity index (χ0) is 15.3. The maximum atomic E-state index is 12.6. The van der Waals surface area contributed by atoms with Gasteiger partial charge in [0.2, 0.25) is 11.8 Å². The Balaban J connectivity index is 2.26. The van der Waals surface area contributed by atoms with Crippen molar-refractivity contribution in [2.45, 2.75) is 38.5 Å². The van der Waals surface area contributed by atoms with Crippen LogP contribution in [0.4, 0.5) is 0 Å². The van der Waals surface area contributed by atoms with Gasteiger partial charge in [-0.1, -0.05) is 44.2 Å². The highest BCUT2D eigenvalue weighted by atomic mass is 16.2. The Labute approximate surface area is 126 Å². The van der Waals surface area contributed by atoms with Crippen LogP contribution in [0.5, 0.6) is 0 Å².